The number of nitrogens with one attached hydrogen (secondary N) is 1. The summed E-state index contributed by atoms with van der Waals surface area (Å²) in [7, 11) is 1.62. The average Bonchev–Trinajstić information content (AvgIpc) is 3.12. The van der Waals surface area contributed by atoms with Gasteiger partial charge in [-0.25, -0.2) is 4.98 Å². The molecular weight excluding hydrogens is 372 g/mol. The molecule has 0 saturated carbocycles. The number of rotatable bonds is 5. The maximum absolute atomic E-state index is 13.2. The van der Waals surface area contributed by atoms with E-state index in [9.17, 15) is 4.79 Å². The third kappa shape index (κ3) is 3.16. The van der Waals surface area contributed by atoms with Crippen LogP contribution in [-0.4, -0.2) is 24.6 Å². The number of thiazole rings is 1. The molecule has 1 amide bonds. The zero-order valence-electron chi connectivity index (χ0n) is 15.9. The van der Waals surface area contributed by atoms with Gasteiger partial charge in [0.25, 0.3) is 5.91 Å². The summed E-state index contributed by atoms with van der Waals surface area (Å²) in [4.78, 5) is 17.8. The molecule has 0 radical (unpaired) electrons. The van der Waals surface area contributed by atoms with E-state index >= 15 is 0 Å². The number of carbonyl (C=O) groups excluding carboxylic acids is 1. The summed E-state index contributed by atoms with van der Waals surface area (Å²) >= 11 is 1.44. The number of nitrogens with zero attached hydrogens (tertiary/aromatic N) is 1. The number of benzene rings is 3. The predicted octanol–water partition coefficient (Wildman–Crippen LogP) is 5.42. The molecule has 142 valence electrons. The zero-order chi connectivity index (χ0) is 19.7. The molecule has 1 heterocycles. The first-order chi connectivity index (χ1) is 13.6. The standard InChI is InChI=1S/C22H20N2O3S/c1-4-27-16-12-10-14-7-5-6-8-15(14)18(16)21(25)24-22-23-19-17(26-3)11-9-13(2)20(19)28-22/h5-12H,4H2,1-3H3,(H,23,24,25). The largest absolute Gasteiger partial charge is 0.494 e. The van der Waals surface area contributed by atoms with Gasteiger partial charge in [0.05, 0.1) is 24.0 Å². The van der Waals surface area contributed by atoms with Crippen LogP contribution in [0.3, 0.4) is 0 Å². The molecule has 0 unspecified atom stereocenters. The molecule has 1 N–H and O–H groups in total. The summed E-state index contributed by atoms with van der Waals surface area (Å²) in [6.07, 6.45) is 0. The minimum Gasteiger partial charge on any atom is -0.494 e. The maximum atomic E-state index is 13.2. The number of methoxy groups -OCH3 is 1. The number of hydrogen-bond donors (Lipinski definition) is 1. The van der Waals surface area contributed by atoms with Gasteiger partial charge in [-0.05, 0) is 42.3 Å². The van der Waals surface area contributed by atoms with Crippen molar-refractivity contribution in [3.05, 3.63) is 59.7 Å². The van der Waals surface area contributed by atoms with Gasteiger partial charge in [-0.15, -0.1) is 0 Å². The number of aromatic nitrogens is 1. The lowest BCUT2D eigenvalue weighted by molar-refractivity contribution is 0.102. The number of carbonyl (C=O) groups is 1. The molecule has 4 aromatic rings. The highest BCUT2D eigenvalue weighted by atomic mass is 32.1. The molecule has 0 spiro atoms. The fourth-order valence-electron chi connectivity index (χ4n) is 3.25. The Balaban J connectivity index is 1.78. The van der Waals surface area contributed by atoms with Crippen molar-refractivity contribution in [1.82, 2.24) is 4.98 Å². The summed E-state index contributed by atoms with van der Waals surface area (Å²) in [5, 5.41) is 5.31. The van der Waals surface area contributed by atoms with E-state index in [0.717, 1.165) is 26.6 Å². The van der Waals surface area contributed by atoms with Gasteiger partial charge in [-0.3, -0.25) is 10.1 Å². The molecule has 1 aromatic heterocycles. The minimum absolute atomic E-state index is 0.240. The van der Waals surface area contributed by atoms with E-state index < -0.39 is 0 Å². The Morgan fingerprint density at radius 2 is 1.89 bits per heavy atom. The maximum Gasteiger partial charge on any atom is 0.261 e. The molecular formula is C22H20N2O3S. The van der Waals surface area contributed by atoms with Gasteiger partial charge >= 0.3 is 0 Å². The van der Waals surface area contributed by atoms with Gasteiger partial charge in [-0.2, -0.15) is 0 Å². The van der Waals surface area contributed by atoms with Gasteiger partial charge in [0, 0.05) is 0 Å². The molecule has 0 fully saturated rings. The van der Waals surface area contributed by atoms with Crippen molar-refractivity contribution in [3.63, 3.8) is 0 Å². The van der Waals surface area contributed by atoms with Gasteiger partial charge in [0.1, 0.15) is 17.0 Å². The van der Waals surface area contributed by atoms with Crippen LogP contribution in [0.4, 0.5) is 5.13 Å². The van der Waals surface area contributed by atoms with E-state index in [4.69, 9.17) is 9.47 Å². The van der Waals surface area contributed by atoms with Crippen LogP contribution in [0.25, 0.3) is 21.0 Å². The van der Waals surface area contributed by atoms with E-state index in [1.165, 1.54) is 11.3 Å². The lowest BCUT2D eigenvalue weighted by Crippen LogP contribution is -2.14. The van der Waals surface area contributed by atoms with Gasteiger partial charge in [0.15, 0.2) is 5.13 Å². The van der Waals surface area contributed by atoms with Gasteiger partial charge in [-0.1, -0.05) is 47.7 Å². The molecule has 0 atom stereocenters. The second kappa shape index (κ2) is 7.48. The predicted molar refractivity (Wildman–Crippen MR) is 114 cm³/mol. The molecule has 3 aromatic carbocycles. The highest BCUT2D eigenvalue weighted by Crippen LogP contribution is 2.36. The van der Waals surface area contributed by atoms with Crippen LogP contribution < -0.4 is 14.8 Å². The first-order valence-corrected chi connectivity index (χ1v) is 9.84. The Kier molecular flexibility index (Phi) is 4.88. The molecule has 0 aliphatic rings. The molecule has 28 heavy (non-hydrogen) atoms. The SMILES string of the molecule is CCOc1ccc2ccccc2c1C(=O)Nc1nc2c(OC)ccc(C)c2s1. The second-order valence-corrected chi connectivity index (χ2v) is 7.33. The van der Waals surface area contributed by atoms with Gasteiger partial charge < -0.3 is 9.47 Å². The average molecular weight is 392 g/mol. The molecule has 4 rings (SSSR count). The Labute approximate surface area is 166 Å². The van der Waals surface area contributed by atoms with Crippen molar-refractivity contribution < 1.29 is 14.3 Å². The number of ether oxygens (including phenoxy) is 2. The highest BCUT2D eigenvalue weighted by molar-refractivity contribution is 7.22. The first-order valence-electron chi connectivity index (χ1n) is 9.02. The summed E-state index contributed by atoms with van der Waals surface area (Å²) < 4.78 is 12.1. The van der Waals surface area contributed by atoms with E-state index in [0.29, 0.717) is 28.8 Å². The van der Waals surface area contributed by atoms with Crippen LogP contribution in [0, 0.1) is 6.92 Å². The quantitative estimate of drug-likeness (QED) is 0.493. The lowest BCUT2D eigenvalue weighted by atomic mass is 10.0. The van der Waals surface area contributed by atoms with Crippen LogP contribution in [0.5, 0.6) is 11.5 Å². The Bertz CT molecular complexity index is 1180. The molecule has 6 heteroatoms. The number of aryl methyl sites for hydroxylation is 1. The topological polar surface area (TPSA) is 60.5 Å². The van der Waals surface area contributed by atoms with Crippen molar-refractivity contribution in [3.8, 4) is 11.5 Å². The van der Waals surface area contributed by atoms with E-state index in [1.807, 2.05) is 62.4 Å². The van der Waals surface area contributed by atoms with E-state index in [-0.39, 0.29) is 5.91 Å². The summed E-state index contributed by atoms with van der Waals surface area (Å²) in [6.45, 7) is 4.40. The van der Waals surface area contributed by atoms with Crippen LogP contribution in [0.15, 0.2) is 48.5 Å². The Morgan fingerprint density at radius 3 is 2.68 bits per heavy atom. The highest BCUT2D eigenvalue weighted by Gasteiger charge is 2.19. The molecule has 0 aliphatic carbocycles. The van der Waals surface area contributed by atoms with Crippen molar-refractivity contribution in [1.29, 1.82) is 0 Å². The lowest BCUT2D eigenvalue weighted by Gasteiger charge is -2.12. The van der Waals surface area contributed by atoms with Gasteiger partial charge in [0.2, 0.25) is 0 Å². The summed E-state index contributed by atoms with van der Waals surface area (Å²) in [5.74, 6) is 1.02. The van der Waals surface area contributed by atoms with Crippen LogP contribution >= 0.6 is 11.3 Å². The number of anilines is 1. The van der Waals surface area contributed by atoms with Crippen LogP contribution in [0.1, 0.15) is 22.8 Å². The molecule has 0 bridgehead atoms. The molecule has 0 aliphatic heterocycles. The monoisotopic (exact) mass is 392 g/mol. The van der Waals surface area contributed by atoms with Crippen LogP contribution in [0.2, 0.25) is 0 Å². The smallest absolute Gasteiger partial charge is 0.261 e. The van der Waals surface area contributed by atoms with Crippen molar-refractivity contribution in [2.45, 2.75) is 13.8 Å². The number of fused-ring (bicyclic) bond motifs is 2. The number of amides is 1. The van der Waals surface area contributed by atoms with E-state index in [1.54, 1.807) is 7.11 Å². The second-order valence-electron chi connectivity index (χ2n) is 6.33. The normalized spacial score (nSPS) is 11.0. The fraction of sp³-hybridized carbons (Fsp3) is 0.182. The third-order valence-electron chi connectivity index (χ3n) is 4.56. The Morgan fingerprint density at radius 1 is 1.11 bits per heavy atom. The number of hydrogen-bond acceptors (Lipinski definition) is 5. The first kappa shape index (κ1) is 18.3. The molecule has 0 saturated heterocycles. The minimum atomic E-state index is -0.240. The third-order valence-corrected chi connectivity index (χ3v) is 5.67. The van der Waals surface area contributed by atoms with Crippen molar-refractivity contribution in [2.75, 3.05) is 19.0 Å². The fourth-order valence-corrected chi connectivity index (χ4v) is 4.19. The summed E-state index contributed by atoms with van der Waals surface area (Å²) in [5.41, 5.74) is 2.36. The zero-order valence-corrected chi connectivity index (χ0v) is 16.7. The summed E-state index contributed by atoms with van der Waals surface area (Å²) in [6, 6.07) is 15.5. The Hall–Kier alpha value is -3.12. The molecule has 5 nitrogen and oxygen atoms in total. The van der Waals surface area contributed by atoms with Crippen LogP contribution in [-0.2, 0) is 0 Å². The van der Waals surface area contributed by atoms with Crippen molar-refractivity contribution >= 4 is 43.4 Å². The van der Waals surface area contributed by atoms with Crippen molar-refractivity contribution in [2.24, 2.45) is 0 Å². The van der Waals surface area contributed by atoms with E-state index in [2.05, 4.69) is 10.3 Å².